The van der Waals surface area contributed by atoms with Crippen molar-refractivity contribution in [1.29, 1.82) is 0 Å². The number of hydrogen-bond acceptors (Lipinski definition) is 2. The van der Waals surface area contributed by atoms with Crippen molar-refractivity contribution in [3.63, 3.8) is 0 Å². The Morgan fingerprint density at radius 2 is 1.20 bits per heavy atom. The number of ether oxygens (including phenoxy) is 1. The summed E-state index contributed by atoms with van der Waals surface area (Å²) in [6.45, 7) is 11.6. The van der Waals surface area contributed by atoms with Crippen molar-refractivity contribution in [2.45, 2.75) is 44.7 Å². The highest BCUT2D eigenvalue weighted by Crippen LogP contribution is 2.53. The van der Waals surface area contributed by atoms with Crippen LogP contribution < -0.4 is 15.3 Å². The van der Waals surface area contributed by atoms with E-state index in [0.717, 1.165) is 5.75 Å². The quantitative estimate of drug-likeness (QED) is 0.298. The Kier molecular flexibility index (Phi) is 7.18. The molecule has 30 heavy (non-hydrogen) atoms. The molecule has 0 aliphatic rings. The molecule has 0 aliphatic heterocycles. The molecule has 0 radical (unpaired) electrons. The summed E-state index contributed by atoms with van der Waals surface area (Å²) in [7, 11) is -1.05. The Bertz CT molecular complexity index is 879. The van der Waals surface area contributed by atoms with E-state index >= 15 is 0 Å². The Hall–Kier alpha value is -1.93. The van der Waals surface area contributed by atoms with Crippen LogP contribution in [0.3, 0.4) is 0 Å². The molecule has 0 N–H and O–H groups in total. The van der Waals surface area contributed by atoms with Gasteiger partial charge in [-0.25, -0.2) is 0 Å². The van der Waals surface area contributed by atoms with Gasteiger partial charge in [-0.2, -0.15) is 0 Å². The van der Waals surface area contributed by atoms with Gasteiger partial charge in [0.05, 0.1) is 13.0 Å². The maximum atomic E-state index is 7.16. The molecule has 3 rings (SSSR count). The fourth-order valence-corrected chi connectivity index (χ4v) is 7.65. The zero-order valence-corrected chi connectivity index (χ0v) is 20.8. The van der Waals surface area contributed by atoms with Gasteiger partial charge in [0.2, 0.25) is 0 Å². The van der Waals surface area contributed by atoms with Gasteiger partial charge < -0.3 is 9.16 Å². The second kappa shape index (κ2) is 9.47. The van der Waals surface area contributed by atoms with E-state index in [1.54, 1.807) is 7.11 Å². The van der Waals surface area contributed by atoms with Crippen molar-refractivity contribution in [3.8, 4) is 5.75 Å². The molecule has 4 heteroatoms. The molecule has 0 amide bonds. The smallest absolute Gasteiger partial charge is 0.193 e. The molecular weight excluding hydrogens is 403 g/mol. The van der Waals surface area contributed by atoms with Gasteiger partial charge in [0.25, 0.3) is 0 Å². The van der Waals surface area contributed by atoms with E-state index in [-0.39, 0.29) is 10.9 Å². The van der Waals surface area contributed by atoms with Crippen LogP contribution in [-0.4, -0.2) is 15.4 Å². The van der Waals surface area contributed by atoms with E-state index in [1.165, 1.54) is 16.2 Å². The Morgan fingerprint density at radius 3 is 1.60 bits per heavy atom. The lowest BCUT2D eigenvalue weighted by Crippen LogP contribution is -2.42. The van der Waals surface area contributed by atoms with Crippen LogP contribution >= 0.6 is 7.92 Å². The van der Waals surface area contributed by atoms with Gasteiger partial charge >= 0.3 is 0 Å². The van der Waals surface area contributed by atoms with Crippen molar-refractivity contribution in [1.82, 2.24) is 0 Å². The Balaban J connectivity index is 2.16. The summed E-state index contributed by atoms with van der Waals surface area (Å²) in [6.07, 6.45) is 0. The molecular formula is C26H33O2PSi. The summed E-state index contributed by atoms with van der Waals surface area (Å²) in [5.41, 5.74) is 1.21. The van der Waals surface area contributed by atoms with Crippen LogP contribution in [0.4, 0.5) is 0 Å². The zero-order chi connectivity index (χ0) is 21.8. The van der Waals surface area contributed by atoms with Gasteiger partial charge in [-0.3, -0.25) is 0 Å². The van der Waals surface area contributed by atoms with Crippen LogP contribution in [0, 0.1) is 0 Å². The molecule has 0 saturated carbocycles. The normalized spacial score (nSPS) is 13.3. The van der Waals surface area contributed by atoms with Crippen LogP contribution in [0.15, 0.2) is 84.9 Å². The van der Waals surface area contributed by atoms with E-state index in [1.807, 2.05) is 12.1 Å². The van der Waals surface area contributed by atoms with Gasteiger partial charge in [0.15, 0.2) is 8.32 Å². The maximum Gasteiger partial charge on any atom is 0.193 e. The van der Waals surface area contributed by atoms with Gasteiger partial charge in [-0.1, -0.05) is 93.6 Å². The van der Waals surface area contributed by atoms with Crippen LogP contribution in [0.1, 0.15) is 32.2 Å². The lowest BCUT2D eigenvalue weighted by Gasteiger charge is -2.42. The summed E-state index contributed by atoms with van der Waals surface area (Å²) in [5.74, 6) is 0.852. The predicted molar refractivity (Wildman–Crippen MR) is 133 cm³/mol. The predicted octanol–water partition coefficient (Wildman–Crippen LogP) is 6.85. The van der Waals surface area contributed by atoms with Crippen molar-refractivity contribution in [2.75, 3.05) is 7.11 Å². The van der Waals surface area contributed by atoms with Crippen LogP contribution in [0.25, 0.3) is 0 Å². The maximum absolute atomic E-state index is 7.16. The zero-order valence-electron chi connectivity index (χ0n) is 18.9. The molecule has 3 aromatic carbocycles. The third kappa shape index (κ3) is 5.21. The highest BCUT2D eigenvalue weighted by Gasteiger charge is 2.41. The number of rotatable bonds is 7. The van der Waals surface area contributed by atoms with Crippen molar-refractivity contribution < 1.29 is 9.16 Å². The molecule has 1 unspecified atom stereocenters. The molecule has 3 aromatic rings. The summed E-state index contributed by atoms with van der Waals surface area (Å²) < 4.78 is 12.6. The van der Waals surface area contributed by atoms with Gasteiger partial charge in [0, 0.05) is 0 Å². The highest BCUT2D eigenvalue weighted by molar-refractivity contribution is 7.73. The van der Waals surface area contributed by atoms with E-state index in [4.69, 9.17) is 9.16 Å². The minimum absolute atomic E-state index is 0.0170. The molecule has 0 aliphatic carbocycles. The summed E-state index contributed by atoms with van der Waals surface area (Å²) in [4.78, 5) is 0. The third-order valence-electron chi connectivity index (χ3n) is 5.92. The number of methoxy groups -OCH3 is 1. The van der Waals surface area contributed by atoms with E-state index < -0.39 is 16.2 Å². The minimum Gasteiger partial charge on any atom is -0.497 e. The van der Waals surface area contributed by atoms with E-state index in [2.05, 4.69) is 107 Å². The average molecular weight is 437 g/mol. The average Bonchev–Trinajstić information content (AvgIpc) is 2.74. The van der Waals surface area contributed by atoms with Crippen molar-refractivity contribution in [2.24, 2.45) is 0 Å². The summed E-state index contributed by atoms with van der Waals surface area (Å²) in [6, 6.07) is 30.1. The number of benzene rings is 3. The van der Waals surface area contributed by atoms with Crippen molar-refractivity contribution in [3.05, 3.63) is 90.5 Å². The number of hydrogen-bond donors (Lipinski definition) is 0. The molecule has 2 nitrogen and oxygen atoms in total. The first-order valence-corrected chi connectivity index (χ1v) is 14.8. The summed E-state index contributed by atoms with van der Waals surface area (Å²) >= 11 is 0. The molecule has 0 saturated heterocycles. The standard InChI is InChI=1S/C26H33O2PSi/c1-26(2,3)30(5,6)28-25(21-17-19-22(27-4)20-18-21)29(23-13-9-7-10-14-23)24-15-11-8-12-16-24/h7-20,25H,1-6H3. The van der Waals surface area contributed by atoms with E-state index in [0.29, 0.717) is 0 Å². The minimum atomic E-state index is -2.02. The largest absolute Gasteiger partial charge is 0.497 e. The SMILES string of the molecule is COc1ccc(C(O[Si](C)(C)C(C)(C)C)P(c2ccccc2)c2ccccc2)cc1. The molecule has 0 aromatic heterocycles. The van der Waals surface area contributed by atoms with Crippen LogP contribution in [-0.2, 0) is 4.43 Å². The summed E-state index contributed by atoms with van der Waals surface area (Å²) in [5, 5.41) is 2.79. The molecule has 0 heterocycles. The molecule has 158 valence electrons. The Labute approximate surface area is 184 Å². The second-order valence-electron chi connectivity index (χ2n) is 9.04. The van der Waals surface area contributed by atoms with Gasteiger partial charge in [0.1, 0.15) is 5.75 Å². The Morgan fingerprint density at radius 1 is 0.733 bits per heavy atom. The first kappa shape index (κ1) is 22.7. The fourth-order valence-electron chi connectivity index (χ4n) is 3.09. The lowest BCUT2D eigenvalue weighted by molar-refractivity contribution is 0.262. The first-order valence-electron chi connectivity index (χ1n) is 10.4. The second-order valence-corrected chi connectivity index (χ2v) is 16.0. The first-order chi connectivity index (χ1) is 14.2. The lowest BCUT2D eigenvalue weighted by atomic mass is 10.2. The van der Waals surface area contributed by atoms with Gasteiger partial charge in [-0.05, 0) is 54.4 Å². The fraction of sp³-hybridized carbons (Fsp3) is 0.308. The monoisotopic (exact) mass is 436 g/mol. The van der Waals surface area contributed by atoms with Gasteiger partial charge in [-0.15, -0.1) is 0 Å². The highest BCUT2D eigenvalue weighted by atomic mass is 31.1. The molecule has 1 atom stereocenters. The van der Waals surface area contributed by atoms with E-state index in [9.17, 15) is 0 Å². The topological polar surface area (TPSA) is 18.5 Å². The molecule has 0 fully saturated rings. The van der Waals surface area contributed by atoms with Crippen LogP contribution in [0.2, 0.25) is 18.1 Å². The molecule has 0 bridgehead atoms. The molecule has 0 spiro atoms. The van der Waals surface area contributed by atoms with Crippen LogP contribution in [0.5, 0.6) is 5.75 Å². The third-order valence-corrected chi connectivity index (χ3v) is 13.1. The van der Waals surface area contributed by atoms with Crippen molar-refractivity contribution >= 4 is 26.8 Å².